The molecule has 2 aliphatic rings. The van der Waals surface area contributed by atoms with Gasteiger partial charge in [0.25, 0.3) is 5.91 Å². The van der Waals surface area contributed by atoms with Gasteiger partial charge in [-0.3, -0.25) is 9.59 Å². The Balaban J connectivity index is 1.76. The van der Waals surface area contributed by atoms with E-state index < -0.39 is 91.4 Å². The second-order valence-electron chi connectivity index (χ2n) is 9.50. The number of aromatic hydroxyl groups is 2. The summed E-state index contributed by atoms with van der Waals surface area (Å²) in [5, 5.41) is 76.2. The van der Waals surface area contributed by atoms with E-state index in [2.05, 4.69) is 10.6 Å². The SMILES string of the molecule is CO[C@@H]1C(C(=O)NCC(O)c2ccc(O)c(O)c2)O[C@@H](O[C@@H]2C(NC(C)=O)[C@H](C)OC(CO)[C@H]2O)C(O)[C@H]1O. The van der Waals surface area contributed by atoms with Gasteiger partial charge in [-0.2, -0.15) is 0 Å². The fourth-order valence-corrected chi connectivity index (χ4v) is 4.62. The Bertz CT molecular complexity index is 997. The molecule has 0 aromatic heterocycles. The van der Waals surface area contributed by atoms with E-state index in [-0.39, 0.29) is 17.9 Å². The normalized spacial score (nSPS) is 35.7. The highest BCUT2D eigenvalue weighted by Crippen LogP contribution is 2.31. The highest BCUT2D eigenvalue weighted by atomic mass is 16.7. The van der Waals surface area contributed by atoms with Crippen molar-refractivity contribution in [1.82, 2.24) is 10.6 Å². The zero-order chi connectivity index (χ0) is 29.0. The summed E-state index contributed by atoms with van der Waals surface area (Å²) in [7, 11) is 1.18. The molecular weight excluding hydrogens is 524 g/mol. The summed E-state index contributed by atoms with van der Waals surface area (Å²) >= 11 is 0. The molecule has 2 aliphatic heterocycles. The van der Waals surface area contributed by atoms with Gasteiger partial charge in [0, 0.05) is 20.6 Å². The number of ether oxygens (including phenoxy) is 4. The minimum absolute atomic E-state index is 0.195. The third kappa shape index (κ3) is 6.95. The van der Waals surface area contributed by atoms with Crippen LogP contribution in [0.3, 0.4) is 0 Å². The molecule has 2 saturated heterocycles. The lowest BCUT2D eigenvalue weighted by Crippen LogP contribution is -2.68. The number of methoxy groups -OCH3 is 1. The number of phenols is 2. The van der Waals surface area contributed by atoms with Crippen LogP contribution in [0.5, 0.6) is 11.5 Å². The van der Waals surface area contributed by atoms with E-state index in [1.807, 2.05) is 0 Å². The summed E-state index contributed by atoms with van der Waals surface area (Å²) in [6.45, 7) is 1.88. The maximum atomic E-state index is 13.0. The Morgan fingerprint density at radius 2 is 1.74 bits per heavy atom. The van der Waals surface area contributed by atoms with Crippen LogP contribution in [0.2, 0.25) is 0 Å². The highest BCUT2D eigenvalue weighted by molar-refractivity contribution is 5.81. The van der Waals surface area contributed by atoms with E-state index in [0.29, 0.717) is 0 Å². The maximum Gasteiger partial charge on any atom is 0.252 e. The number of aliphatic hydroxyl groups is 5. The van der Waals surface area contributed by atoms with Crippen molar-refractivity contribution in [2.45, 2.75) is 81.1 Å². The van der Waals surface area contributed by atoms with E-state index >= 15 is 0 Å². The molecule has 1 aromatic rings. The van der Waals surface area contributed by atoms with Crippen molar-refractivity contribution in [3.63, 3.8) is 0 Å². The Morgan fingerprint density at radius 3 is 2.33 bits per heavy atom. The number of amides is 2. The van der Waals surface area contributed by atoms with Gasteiger partial charge in [-0.25, -0.2) is 0 Å². The van der Waals surface area contributed by atoms with E-state index in [0.717, 1.165) is 6.07 Å². The van der Waals surface area contributed by atoms with Gasteiger partial charge in [0.1, 0.15) is 36.6 Å². The summed E-state index contributed by atoms with van der Waals surface area (Å²) in [5.74, 6) is -2.17. The number of hydrogen-bond acceptors (Lipinski definition) is 13. The summed E-state index contributed by atoms with van der Waals surface area (Å²) < 4.78 is 22.2. The van der Waals surface area contributed by atoms with Crippen LogP contribution in [-0.2, 0) is 28.5 Å². The fourth-order valence-electron chi connectivity index (χ4n) is 4.62. The first kappa shape index (κ1) is 30.9. The second-order valence-corrected chi connectivity index (χ2v) is 9.50. The van der Waals surface area contributed by atoms with E-state index in [1.54, 1.807) is 6.92 Å². The molecule has 15 nitrogen and oxygen atoms in total. The zero-order valence-corrected chi connectivity index (χ0v) is 21.6. The number of rotatable bonds is 9. The quantitative estimate of drug-likeness (QED) is 0.135. The van der Waals surface area contributed by atoms with Crippen molar-refractivity contribution >= 4 is 11.8 Å². The molecule has 39 heavy (non-hydrogen) atoms. The molecule has 0 saturated carbocycles. The fraction of sp³-hybridized carbons (Fsp3) is 0.667. The Morgan fingerprint density at radius 1 is 1.05 bits per heavy atom. The van der Waals surface area contributed by atoms with Gasteiger partial charge in [-0.05, 0) is 24.6 Å². The molecule has 0 radical (unpaired) electrons. The molecule has 2 amide bonds. The van der Waals surface area contributed by atoms with Gasteiger partial charge < -0.3 is 65.3 Å². The standard InChI is InChI=1S/C24H36N2O13/c1-9-16(26-10(2)28)20(17(32)15(8-27)37-9)38-24-19(34)18(33)21(36-3)22(39-24)23(35)25-7-14(31)11-4-5-12(29)13(30)6-11/h4-6,9,14-22,24,27,29-34H,7-8H2,1-3H3,(H,25,35)(H,26,28)/t9-,14?,15?,16?,17+,18+,19?,20+,21-,22?,24+/m0/s1. The van der Waals surface area contributed by atoms with Crippen molar-refractivity contribution in [3.05, 3.63) is 23.8 Å². The van der Waals surface area contributed by atoms with Crippen molar-refractivity contribution in [2.75, 3.05) is 20.3 Å². The predicted molar refractivity (Wildman–Crippen MR) is 129 cm³/mol. The minimum atomic E-state index is -1.75. The van der Waals surface area contributed by atoms with Gasteiger partial charge >= 0.3 is 0 Å². The van der Waals surface area contributed by atoms with Crippen LogP contribution in [0.25, 0.3) is 0 Å². The zero-order valence-electron chi connectivity index (χ0n) is 21.6. The molecule has 2 fully saturated rings. The van der Waals surface area contributed by atoms with Crippen LogP contribution in [-0.4, -0.2) is 129 Å². The molecule has 5 unspecified atom stereocenters. The lowest BCUT2D eigenvalue weighted by molar-refractivity contribution is -0.325. The van der Waals surface area contributed by atoms with Gasteiger partial charge in [0.05, 0.1) is 24.9 Å². The number of phenolic OH excluding ortho intramolecular Hbond substituents is 2. The van der Waals surface area contributed by atoms with Gasteiger partial charge in [0.2, 0.25) is 5.91 Å². The average Bonchev–Trinajstić information content (AvgIpc) is 2.89. The first-order valence-corrected chi connectivity index (χ1v) is 12.3. The minimum Gasteiger partial charge on any atom is -0.504 e. The van der Waals surface area contributed by atoms with E-state index in [9.17, 15) is 45.3 Å². The Kier molecular flexibility index (Phi) is 10.4. The molecule has 9 N–H and O–H groups in total. The number of aliphatic hydroxyl groups excluding tert-OH is 5. The molecule has 0 bridgehead atoms. The molecule has 2 heterocycles. The molecule has 1 aromatic carbocycles. The molecule has 11 atom stereocenters. The lowest BCUT2D eigenvalue weighted by atomic mass is 9.92. The van der Waals surface area contributed by atoms with Crippen LogP contribution in [0.15, 0.2) is 18.2 Å². The largest absolute Gasteiger partial charge is 0.504 e. The van der Waals surface area contributed by atoms with Gasteiger partial charge in [-0.15, -0.1) is 0 Å². The average molecular weight is 561 g/mol. The number of nitrogens with one attached hydrogen (secondary N) is 2. The molecule has 3 rings (SSSR count). The van der Waals surface area contributed by atoms with Crippen LogP contribution in [0.4, 0.5) is 0 Å². The molecule has 15 heteroatoms. The van der Waals surface area contributed by atoms with E-state index in [4.69, 9.17) is 18.9 Å². The molecule has 220 valence electrons. The Labute approximate surface area is 223 Å². The number of hydrogen-bond donors (Lipinski definition) is 9. The van der Waals surface area contributed by atoms with Crippen LogP contribution in [0.1, 0.15) is 25.5 Å². The monoisotopic (exact) mass is 560 g/mol. The first-order valence-electron chi connectivity index (χ1n) is 12.3. The maximum absolute atomic E-state index is 13.0. The van der Waals surface area contributed by atoms with Crippen molar-refractivity contribution in [1.29, 1.82) is 0 Å². The first-order chi connectivity index (χ1) is 18.4. The lowest BCUT2D eigenvalue weighted by Gasteiger charge is -2.47. The van der Waals surface area contributed by atoms with Crippen molar-refractivity contribution < 1.29 is 64.3 Å². The third-order valence-corrected chi connectivity index (χ3v) is 6.74. The van der Waals surface area contributed by atoms with Crippen molar-refractivity contribution in [3.8, 4) is 11.5 Å². The summed E-state index contributed by atoms with van der Waals surface area (Å²) in [6, 6.07) is 2.69. The van der Waals surface area contributed by atoms with E-state index in [1.165, 1.54) is 26.2 Å². The van der Waals surface area contributed by atoms with Crippen molar-refractivity contribution in [2.24, 2.45) is 0 Å². The molecular formula is C24H36N2O13. The topological polar surface area (TPSA) is 237 Å². The van der Waals surface area contributed by atoms with Crippen LogP contribution in [0, 0.1) is 0 Å². The highest BCUT2D eigenvalue weighted by Gasteiger charge is 2.52. The smallest absolute Gasteiger partial charge is 0.252 e. The molecule has 0 aliphatic carbocycles. The second kappa shape index (κ2) is 13.2. The number of carbonyl (C=O) groups excluding carboxylic acids is 2. The third-order valence-electron chi connectivity index (χ3n) is 6.74. The molecule has 0 spiro atoms. The Hall–Kier alpha value is -2.60. The van der Waals surface area contributed by atoms with Crippen LogP contribution < -0.4 is 10.6 Å². The summed E-state index contributed by atoms with van der Waals surface area (Å²) in [5.41, 5.74) is 0.195. The number of benzene rings is 1. The van der Waals surface area contributed by atoms with Gasteiger partial charge in [-0.1, -0.05) is 6.07 Å². The summed E-state index contributed by atoms with van der Waals surface area (Å²) in [4.78, 5) is 24.8. The summed E-state index contributed by atoms with van der Waals surface area (Å²) in [6.07, 6.45) is -13.9. The van der Waals surface area contributed by atoms with Crippen LogP contribution >= 0.6 is 0 Å². The predicted octanol–water partition coefficient (Wildman–Crippen LogP) is -3.26. The number of carbonyl (C=O) groups is 2. The van der Waals surface area contributed by atoms with Gasteiger partial charge in [0.15, 0.2) is 23.9 Å².